The third kappa shape index (κ3) is 6.74. The molecule has 2 amide bonds. The number of fused-ring (bicyclic) bond motifs is 1. The molecule has 2 saturated heterocycles. The third-order valence-corrected chi connectivity index (χ3v) is 6.28. The minimum atomic E-state index is -0.361. The molecule has 5 rings (SSSR count). The van der Waals surface area contributed by atoms with Crippen LogP contribution in [0.25, 0.3) is 11.3 Å². The first-order chi connectivity index (χ1) is 17.8. The van der Waals surface area contributed by atoms with Crippen LogP contribution < -0.4 is 10.1 Å². The van der Waals surface area contributed by atoms with Gasteiger partial charge in [-0.05, 0) is 62.9 Å². The number of rotatable bonds is 6. The fourth-order valence-electron chi connectivity index (χ4n) is 4.19. The predicted molar refractivity (Wildman–Crippen MR) is 138 cm³/mol. The van der Waals surface area contributed by atoms with Gasteiger partial charge in [-0.2, -0.15) is 0 Å². The van der Waals surface area contributed by atoms with Gasteiger partial charge in [0.1, 0.15) is 18.1 Å². The summed E-state index contributed by atoms with van der Waals surface area (Å²) in [5, 5.41) is 13.8. The Balaban J connectivity index is 0.000000265. The van der Waals surface area contributed by atoms with Crippen LogP contribution in [0.5, 0.6) is 11.5 Å². The van der Waals surface area contributed by atoms with Crippen molar-refractivity contribution in [1.29, 1.82) is 0 Å². The lowest BCUT2D eigenvalue weighted by Crippen LogP contribution is -2.37. The first-order valence-electron chi connectivity index (χ1n) is 12.2. The number of amides is 2. The van der Waals surface area contributed by atoms with E-state index in [1.54, 1.807) is 18.2 Å². The molecule has 10 heteroatoms. The standard InChI is InChI=1S/C20H19ClN2O4.C7H11NO2/c1-12(2)27-18-8-15(19-10-22-11-26-19)17(24)7-16(18)20(25)23-9-13-3-5-14(21)6-4-13;9-7-8-4-2-1-3-6(8)5-10-7/h3-8,10-12,24H,9H2,1-2H3,(H,23,25);6H,1-5H2. The molecule has 2 aromatic carbocycles. The van der Waals surface area contributed by atoms with Crippen LogP contribution in [0.15, 0.2) is 53.4 Å². The van der Waals surface area contributed by atoms with Crippen LogP contribution in [0.1, 0.15) is 49.0 Å². The fourth-order valence-corrected chi connectivity index (χ4v) is 4.31. The van der Waals surface area contributed by atoms with Crippen LogP contribution in [0.3, 0.4) is 0 Å². The zero-order chi connectivity index (χ0) is 26.4. The number of carbonyl (C=O) groups is 2. The predicted octanol–water partition coefficient (Wildman–Crippen LogP) is 5.41. The summed E-state index contributed by atoms with van der Waals surface area (Å²) in [6.07, 6.45) is 6.01. The fraction of sp³-hybridized carbons (Fsp3) is 0.370. The summed E-state index contributed by atoms with van der Waals surface area (Å²) in [4.78, 5) is 29.3. The van der Waals surface area contributed by atoms with Crippen molar-refractivity contribution in [3.63, 3.8) is 0 Å². The second-order valence-corrected chi connectivity index (χ2v) is 9.56. The number of cyclic esters (lactones) is 1. The zero-order valence-electron chi connectivity index (χ0n) is 20.8. The molecule has 1 atom stereocenters. The molecule has 3 heterocycles. The molecule has 1 unspecified atom stereocenters. The second kappa shape index (κ2) is 12.0. The number of oxazole rings is 1. The number of carbonyl (C=O) groups excluding carboxylic acids is 2. The van der Waals surface area contributed by atoms with Gasteiger partial charge in [0, 0.05) is 18.1 Å². The maximum atomic E-state index is 12.7. The van der Waals surface area contributed by atoms with Gasteiger partial charge in [0.2, 0.25) is 0 Å². The number of aromatic nitrogens is 1. The van der Waals surface area contributed by atoms with Crippen molar-refractivity contribution < 1.29 is 28.6 Å². The molecule has 0 radical (unpaired) electrons. The molecule has 0 aliphatic carbocycles. The number of nitrogens with one attached hydrogen (secondary N) is 1. The lowest BCUT2D eigenvalue weighted by Gasteiger charge is -2.25. The number of piperidine rings is 1. The molecule has 0 bridgehead atoms. The molecule has 37 heavy (non-hydrogen) atoms. The number of aromatic hydroxyl groups is 1. The van der Waals surface area contributed by atoms with E-state index in [1.807, 2.05) is 30.9 Å². The van der Waals surface area contributed by atoms with Gasteiger partial charge in [0.05, 0.1) is 29.5 Å². The van der Waals surface area contributed by atoms with E-state index in [1.165, 1.54) is 25.1 Å². The summed E-state index contributed by atoms with van der Waals surface area (Å²) in [5.74, 6) is 0.275. The number of hydrogen-bond acceptors (Lipinski definition) is 7. The number of ether oxygens (including phenoxy) is 2. The van der Waals surface area contributed by atoms with Crippen LogP contribution in [0, 0.1) is 0 Å². The maximum Gasteiger partial charge on any atom is 0.410 e. The van der Waals surface area contributed by atoms with E-state index >= 15 is 0 Å². The summed E-state index contributed by atoms with van der Waals surface area (Å²) < 4.78 is 15.9. The highest BCUT2D eigenvalue weighted by molar-refractivity contribution is 6.30. The lowest BCUT2D eigenvalue weighted by molar-refractivity contribution is 0.0944. The molecule has 196 valence electrons. The minimum absolute atomic E-state index is 0.0977. The summed E-state index contributed by atoms with van der Waals surface area (Å²) in [6, 6.07) is 10.5. The SMILES string of the molecule is CC(C)Oc1cc(-c2cnco2)c(O)cc1C(=O)NCc1ccc(Cl)cc1.O=C1OCC2CCCCN12. The van der Waals surface area contributed by atoms with Crippen LogP contribution in [-0.2, 0) is 11.3 Å². The highest BCUT2D eigenvalue weighted by atomic mass is 35.5. The zero-order valence-corrected chi connectivity index (χ0v) is 21.5. The van der Waals surface area contributed by atoms with Crippen molar-refractivity contribution in [3.8, 4) is 22.8 Å². The Bertz CT molecular complexity index is 1210. The van der Waals surface area contributed by atoms with Crippen molar-refractivity contribution in [2.45, 2.75) is 51.8 Å². The normalized spacial score (nSPS) is 16.5. The van der Waals surface area contributed by atoms with E-state index in [9.17, 15) is 14.7 Å². The van der Waals surface area contributed by atoms with Crippen molar-refractivity contribution >= 4 is 23.6 Å². The highest BCUT2D eigenvalue weighted by Crippen LogP contribution is 2.36. The summed E-state index contributed by atoms with van der Waals surface area (Å²) >= 11 is 5.87. The quantitative estimate of drug-likeness (QED) is 0.440. The topological polar surface area (TPSA) is 114 Å². The first kappa shape index (κ1) is 26.3. The Kier molecular flexibility index (Phi) is 8.55. The molecule has 2 aliphatic rings. The van der Waals surface area contributed by atoms with Gasteiger partial charge in [0.25, 0.3) is 5.91 Å². The van der Waals surface area contributed by atoms with Crippen LogP contribution >= 0.6 is 11.6 Å². The number of hydrogen-bond donors (Lipinski definition) is 2. The van der Waals surface area contributed by atoms with Crippen molar-refractivity contribution in [2.24, 2.45) is 0 Å². The van der Waals surface area contributed by atoms with Gasteiger partial charge in [-0.15, -0.1) is 0 Å². The van der Waals surface area contributed by atoms with Gasteiger partial charge in [-0.25, -0.2) is 9.78 Å². The smallest absolute Gasteiger partial charge is 0.410 e. The van der Waals surface area contributed by atoms with Crippen molar-refractivity contribution in [3.05, 3.63) is 65.1 Å². The Hall–Kier alpha value is -3.72. The number of nitrogens with zero attached hydrogens (tertiary/aromatic N) is 2. The number of benzene rings is 2. The first-order valence-corrected chi connectivity index (χ1v) is 12.6. The Morgan fingerprint density at radius 3 is 2.73 bits per heavy atom. The number of halogens is 1. The molecule has 3 aromatic rings. The Labute approximate surface area is 220 Å². The van der Waals surface area contributed by atoms with E-state index in [2.05, 4.69) is 10.3 Å². The number of phenolic OH excluding ortho intramolecular Hbond substituents is 1. The van der Waals surface area contributed by atoms with Crippen molar-refractivity contribution in [2.75, 3.05) is 13.2 Å². The molecular formula is C27H30ClN3O6. The third-order valence-electron chi connectivity index (χ3n) is 6.03. The summed E-state index contributed by atoms with van der Waals surface area (Å²) in [5.41, 5.74) is 1.54. The van der Waals surface area contributed by atoms with Crippen LogP contribution in [-0.4, -0.2) is 52.3 Å². The van der Waals surface area contributed by atoms with Crippen molar-refractivity contribution in [1.82, 2.24) is 15.2 Å². The summed E-state index contributed by atoms with van der Waals surface area (Å²) in [6.45, 7) is 5.57. The maximum absolute atomic E-state index is 12.7. The van der Waals surface area contributed by atoms with E-state index in [4.69, 9.17) is 25.5 Å². The monoisotopic (exact) mass is 527 g/mol. The lowest BCUT2D eigenvalue weighted by atomic mass is 10.0. The Morgan fingerprint density at radius 2 is 2.05 bits per heavy atom. The van der Waals surface area contributed by atoms with Crippen LogP contribution in [0.2, 0.25) is 5.02 Å². The van der Waals surface area contributed by atoms with Gasteiger partial charge >= 0.3 is 6.09 Å². The molecule has 2 aliphatic heterocycles. The molecule has 0 spiro atoms. The van der Waals surface area contributed by atoms with E-state index in [0.29, 0.717) is 41.3 Å². The van der Waals surface area contributed by atoms with Gasteiger partial charge in [-0.1, -0.05) is 23.7 Å². The van der Waals surface area contributed by atoms with Crippen LogP contribution in [0.4, 0.5) is 4.79 Å². The average Bonchev–Trinajstić information content (AvgIpc) is 3.55. The van der Waals surface area contributed by atoms with E-state index < -0.39 is 0 Å². The Morgan fingerprint density at radius 1 is 1.27 bits per heavy atom. The number of phenols is 1. The van der Waals surface area contributed by atoms with Gasteiger partial charge in [-0.3, -0.25) is 4.79 Å². The molecule has 9 nitrogen and oxygen atoms in total. The minimum Gasteiger partial charge on any atom is -0.507 e. The molecular weight excluding hydrogens is 498 g/mol. The van der Waals surface area contributed by atoms with E-state index in [-0.39, 0.29) is 29.4 Å². The molecule has 2 fully saturated rings. The van der Waals surface area contributed by atoms with Gasteiger partial charge < -0.3 is 29.2 Å². The molecule has 0 saturated carbocycles. The molecule has 2 N–H and O–H groups in total. The largest absolute Gasteiger partial charge is 0.507 e. The van der Waals surface area contributed by atoms with E-state index in [0.717, 1.165) is 24.9 Å². The molecule has 1 aromatic heterocycles. The summed E-state index contributed by atoms with van der Waals surface area (Å²) in [7, 11) is 0. The average molecular weight is 528 g/mol. The highest BCUT2D eigenvalue weighted by Gasteiger charge is 2.34. The van der Waals surface area contributed by atoms with Gasteiger partial charge in [0.15, 0.2) is 12.2 Å². The second-order valence-electron chi connectivity index (χ2n) is 9.13.